The van der Waals surface area contributed by atoms with Crippen molar-refractivity contribution in [2.24, 2.45) is 0 Å². The number of nitrogens with one attached hydrogen (secondary N) is 2. The van der Waals surface area contributed by atoms with Gasteiger partial charge in [0.1, 0.15) is 67.1 Å². The molecule has 0 aromatic heterocycles. The van der Waals surface area contributed by atoms with E-state index in [1.807, 2.05) is 6.08 Å². The van der Waals surface area contributed by atoms with Gasteiger partial charge in [0, 0.05) is 19.8 Å². The van der Waals surface area contributed by atoms with Crippen molar-refractivity contribution in [1.82, 2.24) is 10.6 Å². The molecule has 0 aromatic carbocycles. The highest BCUT2D eigenvalue weighted by molar-refractivity contribution is 5.77. The number of hydrogen-bond acceptors (Lipinski definition) is 20. The Kier molecular flexibility index (Phi) is 45.1. The smallest absolute Gasteiger partial charge is 0.364 e. The van der Waals surface area contributed by atoms with Crippen LogP contribution < -0.4 is 10.6 Å². The van der Waals surface area contributed by atoms with E-state index < -0.39 is 155 Å². The lowest BCUT2D eigenvalue weighted by Crippen LogP contribution is -2.70. The Labute approximate surface area is 549 Å². The fraction of sp³-hybridized carbons (Fsp3) is 0.899. The quantitative estimate of drug-likeness (QED) is 0.0219. The molecule has 0 radical (unpaired) electrons. The number of rotatable bonds is 54. The first-order chi connectivity index (χ1) is 44.4. The molecule has 3 aliphatic heterocycles. The molecule has 3 fully saturated rings. The van der Waals surface area contributed by atoms with Gasteiger partial charge in [-0.3, -0.25) is 9.59 Å². The summed E-state index contributed by atoms with van der Waals surface area (Å²) in [5.41, 5.74) is 0. The van der Waals surface area contributed by atoms with Crippen LogP contribution in [0.5, 0.6) is 0 Å². The van der Waals surface area contributed by atoms with Crippen LogP contribution in [0.2, 0.25) is 0 Å². The first-order valence-electron chi connectivity index (χ1n) is 35.7. The average Bonchev–Trinajstić information content (AvgIpc) is 0.768. The summed E-state index contributed by atoms with van der Waals surface area (Å²) in [7, 11) is 0. The van der Waals surface area contributed by atoms with Crippen molar-refractivity contribution in [2.45, 2.75) is 368 Å². The standard InChI is InChI=1S/C69H126N2O21/c1-4-6-8-10-12-14-16-18-20-22-24-25-27-29-31-33-35-37-39-41-43-56(79)71-50(51(76)42-40-38-36-34-32-30-28-26-23-21-19-17-15-13-11-9-7-5-2)48-87-66-61(83)60(82)63(55(47-74)89-66)90-67-62(84)65(59(81)54(46-73)88-67)92-69(68(85)86)44-52(77)57(70-49(3)75)64(91-69)58(80)53(78)45-72/h24-25,40,42,50-55,57-67,72-74,76-78,80-84H,4-23,26-39,41,43-48H2,1-3H3,(H,70,75)(H,71,79)(H,85,86)/b25-24-,42-40+. The Morgan fingerprint density at radius 2 is 1.02 bits per heavy atom. The molecular weight excluding hydrogens is 1190 g/mol. The predicted molar refractivity (Wildman–Crippen MR) is 348 cm³/mol. The SMILES string of the molecule is CCCCCCCCCCC/C=C\CCCCCCCCCC(=O)NC(COC1OC(CO)C(OC2OC(CO)C(O)C(OC3(C(=O)O)CC(O)C(NC(C)=O)C(C(O)C(O)CO)O3)C2O)C(O)C1O)C(O)/C=C/CCCCCCCCCCCCCCCCCC. The minimum atomic E-state index is -3.08. The molecule has 3 aliphatic rings. The number of ether oxygens (including phenoxy) is 6. The maximum absolute atomic E-state index is 13.5. The highest BCUT2D eigenvalue weighted by atomic mass is 16.8. The molecule has 23 heteroatoms. The van der Waals surface area contributed by atoms with E-state index in [1.54, 1.807) is 6.08 Å². The monoisotopic (exact) mass is 1320 g/mol. The van der Waals surface area contributed by atoms with Gasteiger partial charge in [0.05, 0.1) is 50.7 Å². The lowest BCUT2D eigenvalue weighted by molar-refractivity contribution is -0.386. The first-order valence-corrected chi connectivity index (χ1v) is 35.7. The second-order valence-electron chi connectivity index (χ2n) is 26.1. The Balaban J connectivity index is 1.60. The molecule has 0 saturated carbocycles. The van der Waals surface area contributed by atoms with Gasteiger partial charge in [-0.05, 0) is 44.9 Å². The van der Waals surface area contributed by atoms with Crippen molar-refractivity contribution < 1.29 is 104 Å². The van der Waals surface area contributed by atoms with Gasteiger partial charge in [-0.15, -0.1) is 0 Å². The van der Waals surface area contributed by atoms with Crippen molar-refractivity contribution in [3.8, 4) is 0 Å². The molecule has 538 valence electrons. The van der Waals surface area contributed by atoms with Crippen LogP contribution in [0, 0.1) is 0 Å². The summed E-state index contributed by atoms with van der Waals surface area (Å²) in [5.74, 6) is -6.15. The zero-order valence-corrected chi connectivity index (χ0v) is 56.2. The number of unbranched alkanes of at least 4 members (excludes halogenated alkanes) is 32. The molecule has 18 unspecified atom stereocenters. The molecule has 0 bridgehead atoms. The van der Waals surface area contributed by atoms with Crippen LogP contribution in [0.4, 0.5) is 0 Å². The molecule has 18 atom stereocenters. The van der Waals surface area contributed by atoms with E-state index in [-0.39, 0.29) is 12.3 Å². The van der Waals surface area contributed by atoms with Crippen LogP contribution in [-0.4, -0.2) is 215 Å². The maximum atomic E-state index is 13.5. The van der Waals surface area contributed by atoms with E-state index in [1.165, 1.54) is 141 Å². The number of carbonyl (C=O) groups is 3. The second-order valence-corrected chi connectivity index (χ2v) is 26.1. The van der Waals surface area contributed by atoms with Crippen LogP contribution in [0.3, 0.4) is 0 Å². The van der Waals surface area contributed by atoms with Gasteiger partial charge in [0.15, 0.2) is 12.6 Å². The Morgan fingerprint density at radius 1 is 0.565 bits per heavy atom. The summed E-state index contributed by atoms with van der Waals surface area (Å²) >= 11 is 0. The summed E-state index contributed by atoms with van der Waals surface area (Å²) in [4.78, 5) is 38.6. The third kappa shape index (κ3) is 31.6. The number of aliphatic carboxylic acids is 1. The van der Waals surface area contributed by atoms with E-state index in [2.05, 4.69) is 36.6 Å². The number of aliphatic hydroxyl groups is 11. The van der Waals surface area contributed by atoms with Crippen LogP contribution >= 0.6 is 0 Å². The maximum Gasteiger partial charge on any atom is 0.364 e. The number of allylic oxidation sites excluding steroid dienone is 3. The Morgan fingerprint density at radius 3 is 1.48 bits per heavy atom. The van der Waals surface area contributed by atoms with Gasteiger partial charge < -0.3 is 100 Å². The van der Waals surface area contributed by atoms with Crippen LogP contribution in [0.1, 0.15) is 258 Å². The predicted octanol–water partition coefficient (Wildman–Crippen LogP) is 6.84. The van der Waals surface area contributed by atoms with Gasteiger partial charge in [-0.25, -0.2) is 4.79 Å². The fourth-order valence-corrected chi connectivity index (χ4v) is 12.4. The molecule has 3 heterocycles. The summed E-state index contributed by atoms with van der Waals surface area (Å²) in [6.45, 7) is 2.15. The normalized spacial score (nSPS) is 28.3. The Hall–Kier alpha value is -2.79. The fourth-order valence-electron chi connectivity index (χ4n) is 12.4. The summed E-state index contributed by atoms with van der Waals surface area (Å²) < 4.78 is 34.8. The van der Waals surface area contributed by atoms with Crippen LogP contribution in [0.15, 0.2) is 24.3 Å². The van der Waals surface area contributed by atoms with Crippen molar-refractivity contribution in [3.05, 3.63) is 24.3 Å². The first kappa shape index (κ1) is 83.4. The summed E-state index contributed by atoms with van der Waals surface area (Å²) in [6.07, 6.45) is 20.7. The van der Waals surface area contributed by atoms with E-state index in [0.717, 1.165) is 77.6 Å². The van der Waals surface area contributed by atoms with Crippen molar-refractivity contribution >= 4 is 17.8 Å². The number of carbonyl (C=O) groups excluding carboxylic acids is 2. The van der Waals surface area contributed by atoms with E-state index in [9.17, 15) is 75.7 Å². The van der Waals surface area contributed by atoms with E-state index >= 15 is 0 Å². The second kappa shape index (κ2) is 49.7. The minimum absolute atomic E-state index is 0.196. The molecule has 0 aromatic rings. The molecule has 92 heavy (non-hydrogen) atoms. The third-order valence-corrected chi connectivity index (χ3v) is 18.1. The van der Waals surface area contributed by atoms with Crippen LogP contribution in [-0.2, 0) is 42.8 Å². The number of aliphatic hydroxyl groups excluding tert-OH is 11. The van der Waals surface area contributed by atoms with Gasteiger partial charge in [-0.2, -0.15) is 0 Å². The van der Waals surface area contributed by atoms with Gasteiger partial charge in [0.25, 0.3) is 5.79 Å². The van der Waals surface area contributed by atoms with Gasteiger partial charge in [-0.1, -0.05) is 218 Å². The average molecular weight is 1320 g/mol. The minimum Gasteiger partial charge on any atom is -0.477 e. The zero-order chi connectivity index (χ0) is 67.5. The highest BCUT2D eigenvalue weighted by Gasteiger charge is 2.60. The third-order valence-electron chi connectivity index (χ3n) is 18.1. The molecule has 2 amide bonds. The lowest BCUT2D eigenvalue weighted by Gasteiger charge is -2.50. The van der Waals surface area contributed by atoms with Gasteiger partial charge >= 0.3 is 5.97 Å². The van der Waals surface area contributed by atoms with Crippen molar-refractivity contribution in [1.29, 1.82) is 0 Å². The number of carboxylic acid groups (broad SMARTS) is 1. The lowest BCUT2D eigenvalue weighted by atomic mass is 9.88. The molecule has 3 rings (SSSR count). The Bertz CT molecular complexity index is 1960. The summed E-state index contributed by atoms with van der Waals surface area (Å²) in [6, 6.07) is -2.62. The molecule has 0 spiro atoms. The van der Waals surface area contributed by atoms with Gasteiger partial charge in [0.2, 0.25) is 11.8 Å². The largest absolute Gasteiger partial charge is 0.477 e. The molecule has 0 aliphatic carbocycles. The van der Waals surface area contributed by atoms with Crippen molar-refractivity contribution in [3.63, 3.8) is 0 Å². The molecule has 14 N–H and O–H groups in total. The van der Waals surface area contributed by atoms with Crippen molar-refractivity contribution in [2.75, 3.05) is 26.4 Å². The molecular formula is C69H126N2O21. The van der Waals surface area contributed by atoms with E-state index in [4.69, 9.17) is 28.4 Å². The van der Waals surface area contributed by atoms with Crippen LogP contribution in [0.25, 0.3) is 0 Å². The molecule has 23 nitrogen and oxygen atoms in total. The summed E-state index contributed by atoms with van der Waals surface area (Å²) in [5, 5.41) is 136. The zero-order valence-electron chi connectivity index (χ0n) is 56.2. The number of carboxylic acids is 1. The topological polar surface area (TPSA) is 373 Å². The number of amides is 2. The molecule has 3 saturated heterocycles. The highest BCUT2D eigenvalue weighted by Crippen LogP contribution is 2.39. The number of hydrogen-bond donors (Lipinski definition) is 14. The van der Waals surface area contributed by atoms with E-state index in [0.29, 0.717) is 12.8 Å².